The standard InChI is InChI=1S/C15H22N2/c1-4-16-7-5-6-13-10-17-15-12(3)8-11(2)9-14(13)15/h8-10,16-17H,4-7H2,1-3H3. The van der Waals surface area contributed by atoms with E-state index in [2.05, 4.69) is 49.4 Å². The van der Waals surface area contributed by atoms with Crippen LogP contribution in [0.4, 0.5) is 0 Å². The van der Waals surface area contributed by atoms with Crippen LogP contribution in [-0.4, -0.2) is 18.1 Å². The lowest BCUT2D eigenvalue weighted by molar-refractivity contribution is 0.674. The highest BCUT2D eigenvalue weighted by molar-refractivity contribution is 5.86. The van der Waals surface area contributed by atoms with Gasteiger partial charge in [-0.05, 0) is 57.0 Å². The van der Waals surface area contributed by atoms with Gasteiger partial charge in [0.1, 0.15) is 0 Å². The van der Waals surface area contributed by atoms with Crippen molar-refractivity contribution < 1.29 is 0 Å². The third-order valence-electron chi connectivity index (χ3n) is 3.27. The van der Waals surface area contributed by atoms with E-state index in [1.165, 1.54) is 34.0 Å². The smallest absolute Gasteiger partial charge is 0.0486 e. The summed E-state index contributed by atoms with van der Waals surface area (Å²) >= 11 is 0. The molecular formula is C15H22N2. The first-order valence-corrected chi connectivity index (χ1v) is 6.50. The van der Waals surface area contributed by atoms with Crippen molar-refractivity contribution in [3.63, 3.8) is 0 Å². The molecule has 0 amide bonds. The molecule has 92 valence electrons. The summed E-state index contributed by atoms with van der Waals surface area (Å²) in [7, 11) is 0. The average Bonchev–Trinajstić information content (AvgIpc) is 2.68. The molecule has 0 spiro atoms. The lowest BCUT2D eigenvalue weighted by Crippen LogP contribution is -2.14. The van der Waals surface area contributed by atoms with Crippen molar-refractivity contribution in [2.45, 2.75) is 33.6 Å². The van der Waals surface area contributed by atoms with Crippen LogP contribution in [0.1, 0.15) is 30.0 Å². The molecule has 0 saturated heterocycles. The molecule has 2 N–H and O–H groups in total. The molecule has 0 aliphatic heterocycles. The molecule has 0 unspecified atom stereocenters. The van der Waals surface area contributed by atoms with Crippen molar-refractivity contribution in [1.82, 2.24) is 10.3 Å². The van der Waals surface area contributed by atoms with E-state index in [0.717, 1.165) is 19.5 Å². The monoisotopic (exact) mass is 230 g/mol. The number of aryl methyl sites for hydroxylation is 3. The van der Waals surface area contributed by atoms with Gasteiger partial charge < -0.3 is 10.3 Å². The second-order valence-corrected chi connectivity index (χ2v) is 4.78. The number of aromatic amines is 1. The molecule has 2 heteroatoms. The van der Waals surface area contributed by atoms with E-state index in [9.17, 15) is 0 Å². The third kappa shape index (κ3) is 2.70. The molecule has 1 heterocycles. The maximum absolute atomic E-state index is 3.40. The van der Waals surface area contributed by atoms with Gasteiger partial charge in [0.15, 0.2) is 0 Å². The van der Waals surface area contributed by atoms with E-state index >= 15 is 0 Å². The van der Waals surface area contributed by atoms with Crippen molar-refractivity contribution in [2.75, 3.05) is 13.1 Å². The zero-order valence-corrected chi connectivity index (χ0v) is 11.1. The van der Waals surface area contributed by atoms with Crippen molar-refractivity contribution in [2.24, 2.45) is 0 Å². The summed E-state index contributed by atoms with van der Waals surface area (Å²) in [5.74, 6) is 0. The lowest BCUT2D eigenvalue weighted by atomic mass is 10.0. The van der Waals surface area contributed by atoms with Crippen LogP contribution in [0, 0.1) is 13.8 Å². The van der Waals surface area contributed by atoms with E-state index < -0.39 is 0 Å². The molecule has 2 nitrogen and oxygen atoms in total. The van der Waals surface area contributed by atoms with E-state index in [4.69, 9.17) is 0 Å². The minimum atomic E-state index is 1.06. The summed E-state index contributed by atoms with van der Waals surface area (Å²) in [6.07, 6.45) is 4.52. The van der Waals surface area contributed by atoms with E-state index in [0.29, 0.717) is 0 Å². The summed E-state index contributed by atoms with van der Waals surface area (Å²) in [5.41, 5.74) is 5.44. The predicted molar refractivity (Wildman–Crippen MR) is 74.6 cm³/mol. The van der Waals surface area contributed by atoms with Crippen LogP contribution in [0.2, 0.25) is 0 Å². The molecular weight excluding hydrogens is 208 g/mol. The molecule has 0 bridgehead atoms. The number of hydrogen-bond acceptors (Lipinski definition) is 1. The van der Waals surface area contributed by atoms with E-state index in [-0.39, 0.29) is 0 Å². The van der Waals surface area contributed by atoms with E-state index in [1.54, 1.807) is 0 Å². The number of fused-ring (bicyclic) bond motifs is 1. The Labute approximate surface area is 103 Å². The minimum absolute atomic E-state index is 1.06. The zero-order valence-electron chi connectivity index (χ0n) is 11.1. The molecule has 1 aromatic heterocycles. The van der Waals surface area contributed by atoms with Gasteiger partial charge in [-0.1, -0.05) is 18.6 Å². The van der Waals surface area contributed by atoms with Crippen LogP contribution < -0.4 is 5.32 Å². The summed E-state index contributed by atoms with van der Waals surface area (Å²) in [4.78, 5) is 3.40. The molecule has 1 aromatic carbocycles. The van der Waals surface area contributed by atoms with Gasteiger partial charge in [-0.3, -0.25) is 0 Å². The Kier molecular flexibility index (Phi) is 3.85. The number of hydrogen-bond donors (Lipinski definition) is 2. The molecule has 0 saturated carbocycles. The van der Waals surface area contributed by atoms with Crippen LogP contribution in [-0.2, 0) is 6.42 Å². The average molecular weight is 230 g/mol. The predicted octanol–water partition coefficient (Wildman–Crippen LogP) is 3.33. The lowest BCUT2D eigenvalue weighted by Gasteiger charge is -2.03. The Morgan fingerprint density at radius 3 is 2.82 bits per heavy atom. The third-order valence-corrected chi connectivity index (χ3v) is 3.27. The molecule has 0 atom stereocenters. The topological polar surface area (TPSA) is 27.8 Å². The van der Waals surface area contributed by atoms with Crippen LogP contribution >= 0.6 is 0 Å². The quantitative estimate of drug-likeness (QED) is 0.758. The van der Waals surface area contributed by atoms with E-state index in [1.807, 2.05) is 0 Å². The second kappa shape index (κ2) is 5.37. The van der Waals surface area contributed by atoms with Crippen molar-refractivity contribution in [3.05, 3.63) is 35.0 Å². The Balaban J connectivity index is 2.18. The first kappa shape index (κ1) is 12.2. The molecule has 2 rings (SSSR count). The number of H-pyrrole nitrogens is 1. The van der Waals surface area contributed by atoms with Gasteiger partial charge >= 0.3 is 0 Å². The summed E-state index contributed by atoms with van der Waals surface area (Å²) in [6.45, 7) is 8.66. The largest absolute Gasteiger partial charge is 0.361 e. The van der Waals surface area contributed by atoms with Crippen LogP contribution in [0.25, 0.3) is 10.9 Å². The highest BCUT2D eigenvalue weighted by atomic mass is 14.8. The fourth-order valence-corrected chi connectivity index (χ4v) is 2.44. The van der Waals surface area contributed by atoms with Gasteiger partial charge in [-0.25, -0.2) is 0 Å². The van der Waals surface area contributed by atoms with Gasteiger partial charge in [0.2, 0.25) is 0 Å². The maximum Gasteiger partial charge on any atom is 0.0486 e. The van der Waals surface area contributed by atoms with Gasteiger partial charge in [-0.2, -0.15) is 0 Å². The molecule has 17 heavy (non-hydrogen) atoms. The second-order valence-electron chi connectivity index (χ2n) is 4.78. The Morgan fingerprint density at radius 2 is 2.06 bits per heavy atom. The number of aromatic nitrogens is 1. The number of nitrogens with one attached hydrogen (secondary N) is 2. The Bertz CT molecular complexity index is 497. The molecule has 0 aliphatic rings. The van der Waals surface area contributed by atoms with Crippen molar-refractivity contribution in [3.8, 4) is 0 Å². The molecule has 2 aromatic rings. The van der Waals surface area contributed by atoms with Gasteiger partial charge in [0.05, 0.1) is 0 Å². The first-order valence-electron chi connectivity index (χ1n) is 6.50. The van der Waals surface area contributed by atoms with Gasteiger partial charge in [-0.15, -0.1) is 0 Å². The fraction of sp³-hybridized carbons (Fsp3) is 0.467. The summed E-state index contributed by atoms with van der Waals surface area (Å²) in [5, 5.41) is 4.77. The molecule has 0 aliphatic carbocycles. The van der Waals surface area contributed by atoms with Crippen LogP contribution in [0.3, 0.4) is 0 Å². The van der Waals surface area contributed by atoms with Gasteiger partial charge in [0, 0.05) is 17.1 Å². The van der Waals surface area contributed by atoms with Gasteiger partial charge in [0.25, 0.3) is 0 Å². The number of rotatable bonds is 5. The molecule has 0 radical (unpaired) electrons. The first-order chi connectivity index (χ1) is 8.22. The highest BCUT2D eigenvalue weighted by Gasteiger charge is 2.06. The SMILES string of the molecule is CCNCCCc1c[nH]c2c(C)cc(C)cc12. The van der Waals surface area contributed by atoms with Crippen LogP contribution in [0.5, 0.6) is 0 Å². The normalized spacial score (nSPS) is 11.2. The maximum atomic E-state index is 3.40. The molecule has 0 fully saturated rings. The van der Waals surface area contributed by atoms with Crippen LogP contribution in [0.15, 0.2) is 18.3 Å². The summed E-state index contributed by atoms with van der Waals surface area (Å²) < 4.78 is 0. The number of benzene rings is 1. The van der Waals surface area contributed by atoms with Crippen molar-refractivity contribution >= 4 is 10.9 Å². The Morgan fingerprint density at radius 1 is 1.24 bits per heavy atom. The Hall–Kier alpha value is -1.28. The van der Waals surface area contributed by atoms with Crippen molar-refractivity contribution in [1.29, 1.82) is 0 Å². The summed E-state index contributed by atoms with van der Waals surface area (Å²) in [6, 6.07) is 4.53. The fourth-order valence-electron chi connectivity index (χ4n) is 2.44. The minimum Gasteiger partial charge on any atom is -0.361 e. The zero-order chi connectivity index (χ0) is 12.3. The highest BCUT2D eigenvalue weighted by Crippen LogP contribution is 2.24.